The number of aliphatic hydroxyl groups excluding tert-OH is 1. The van der Waals surface area contributed by atoms with Gasteiger partial charge < -0.3 is 10.4 Å². The van der Waals surface area contributed by atoms with Gasteiger partial charge in [0.2, 0.25) is 5.91 Å². The summed E-state index contributed by atoms with van der Waals surface area (Å²) in [6.45, 7) is 4.55. The molecule has 0 aromatic heterocycles. The van der Waals surface area contributed by atoms with Crippen molar-refractivity contribution in [3.05, 3.63) is 0 Å². The Bertz CT molecular complexity index is 288. The molecule has 2 atom stereocenters. The van der Waals surface area contributed by atoms with Gasteiger partial charge in [0, 0.05) is 19.5 Å². The predicted molar refractivity (Wildman–Crippen MR) is 75.9 cm³/mol. The molecule has 1 saturated heterocycles. The smallest absolute Gasteiger partial charge is 0.216 e. The Kier molecular flexibility index (Phi) is 5.64. The number of hydrogen-bond donors (Lipinski definition) is 2. The number of likely N-dealkylation sites (tertiary alicyclic amines) is 1. The summed E-state index contributed by atoms with van der Waals surface area (Å²) in [5.41, 5.74) is 0. The molecule has 1 heterocycles. The molecule has 0 bridgehead atoms. The first-order chi connectivity index (χ1) is 9.16. The molecule has 2 unspecified atom stereocenters. The summed E-state index contributed by atoms with van der Waals surface area (Å²) >= 11 is 0. The van der Waals surface area contributed by atoms with Gasteiger partial charge in [-0.25, -0.2) is 0 Å². The summed E-state index contributed by atoms with van der Waals surface area (Å²) in [5.74, 6) is 0.685. The van der Waals surface area contributed by atoms with Crippen LogP contribution in [0.2, 0.25) is 0 Å². The average Bonchev–Trinajstić information content (AvgIpc) is 2.62. The highest BCUT2D eigenvalue weighted by atomic mass is 16.3. The van der Waals surface area contributed by atoms with Crippen molar-refractivity contribution < 1.29 is 9.90 Å². The molecular formula is C15H28N2O2. The third kappa shape index (κ3) is 4.46. The van der Waals surface area contributed by atoms with Gasteiger partial charge >= 0.3 is 0 Å². The van der Waals surface area contributed by atoms with Gasteiger partial charge in [-0.2, -0.15) is 0 Å². The van der Waals surface area contributed by atoms with Crippen LogP contribution in [0.3, 0.4) is 0 Å². The molecule has 19 heavy (non-hydrogen) atoms. The van der Waals surface area contributed by atoms with Crippen LogP contribution in [0.4, 0.5) is 0 Å². The van der Waals surface area contributed by atoms with E-state index in [1.807, 2.05) is 0 Å². The Balaban J connectivity index is 1.76. The van der Waals surface area contributed by atoms with Crippen molar-refractivity contribution in [2.24, 2.45) is 5.92 Å². The fourth-order valence-electron chi connectivity index (χ4n) is 3.47. The number of nitrogens with one attached hydrogen (secondary N) is 1. The van der Waals surface area contributed by atoms with Gasteiger partial charge in [-0.3, -0.25) is 9.69 Å². The van der Waals surface area contributed by atoms with Gasteiger partial charge in [-0.05, 0) is 44.7 Å². The molecule has 1 aliphatic heterocycles. The number of carbonyl (C=O) groups is 1. The maximum Gasteiger partial charge on any atom is 0.216 e. The van der Waals surface area contributed by atoms with E-state index in [9.17, 15) is 9.90 Å². The first kappa shape index (κ1) is 14.8. The van der Waals surface area contributed by atoms with Crippen molar-refractivity contribution in [2.75, 3.05) is 19.6 Å². The number of hydrogen-bond acceptors (Lipinski definition) is 3. The predicted octanol–water partition coefficient (Wildman–Crippen LogP) is 1.53. The normalized spacial score (nSPS) is 30.8. The van der Waals surface area contributed by atoms with Gasteiger partial charge in [0.1, 0.15) is 0 Å². The number of piperidine rings is 1. The lowest BCUT2D eigenvalue weighted by atomic mass is 9.93. The van der Waals surface area contributed by atoms with E-state index >= 15 is 0 Å². The Hall–Kier alpha value is -0.610. The van der Waals surface area contributed by atoms with Gasteiger partial charge in [0.15, 0.2) is 0 Å². The number of nitrogens with zero attached hydrogens (tertiary/aromatic N) is 1. The number of rotatable bonds is 3. The Morgan fingerprint density at radius 2 is 1.84 bits per heavy atom. The maximum absolute atomic E-state index is 10.9. The van der Waals surface area contributed by atoms with Crippen LogP contribution in [-0.4, -0.2) is 47.7 Å². The van der Waals surface area contributed by atoms with Crippen LogP contribution in [0.15, 0.2) is 0 Å². The van der Waals surface area contributed by atoms with Crippen LogP contribution in [0, 0.1) is 5.92 Å². The lowest BCUT2D eigenvalue weighted by Gasteiger charge is -2.39. The van der Waals surface area contributed by atoms with E-state index in [4.69, 9.17) is 0 Å². The van der Waals surface area contributed by atoms with Crippen LogP contribution < -0.4 is 5.32 Å². The fraction of sp³-hybridized carbons (Fsp3) is 0.933. The molecule has 2 fully saturated rings. The van der Waals surface area contributed by atoms with Crippen LogP contribution in [-0.2, 0) is 4.79 Å². The molecule has 4 nitrogen and oxygen atoms in total. The van der Waals surface area contributed by atoms with Gasteiger partial charge in [-0.15, -0.1) is 0 Å². The molecule has 2 rings (SSSR count). The van der Waals surface area contributed by atoms with E-state index in [0.29, 0.717) is 12.0 Å². The van der Waals surface area contributed by atoms with Gasteiger partial charge in [0.25, 0.3) is 0 Å². The van der Waals surface area contributed by atoms with Crippen LogP contribution in [0.1, 0.15) is 51.9 Å². The van der Waals surface area contributed by atoms with Crippen molar-refractivity contribution in [3.8, 4) is 0 Å². The molecule has 0 spiro atoms. The zero-order chi connectivity index (χ0) is 13.7. The van der Waals surface area contributed by atoms with Crippen molar-refractivity contribution in [2.45, 2.75) is 64.0 Å². The summed E-state index contributed by atoms with van der Waals surface area (Å²) in [5, 5.41) is 13.2. The zero-order valence-corrected chi connectivity index (χ0v) is 12.1. The second-order valence-corrected chi connectivity index (χ2v) is 6.19. The molecule has 2 aliphatic rings. The maximum atomic E-state index is 10.9. The minimum Gasteiger partial charge on any atom is -0.391 e. The number of amides is 1. The van der Waals surface area contributed by atoms with Crippen molar-refractivity contribution in [1.82, 2.24) is 10.2 Å². The Labute approximate surface area is 116 Å². The Morgan fingerprint density at radius 3 is 2.53 bits per heavy atom. The summed E-state index contributed by atoms with van der Waals surface area (Å²) in [6.07, 6.45) is 7.98. The molecular weight excluding hydrogens is 240 g/mol. The fourth-order valence-corrected chi connectivity index (χ4v) is 3.47. The standard InChI is InChI=1S/C15H28N2O2/c1-12(18)16-11-13-7-9-17(10-8-13)14-5-3-2-4-6-15(14)19/h13-15,19H,2-11H2,1H3,(H,16,18). The van der Waals surface area contributed by atoms with Gasteiger partial charge in [0.05, 0.1) is 6.10 Å². The van der Waals surface area contributed by atoms with Crippen LogP contribution in [0.5, 0.6) is 0 Å². The second-order valence-electron chi connectivity index (χ2n) is 6.19. The molecule has 1 saturated carbocycles. The van der Waals surface area contributed by atoms with Crippen molar-refractivity contribution in [1.29, 1.82) is 0 Å². The summed E-state index contributed by atoms with van der Waals surface area (Å²) in [7, 11) is 0. The van der Waals surface area contributed by atoms with E-state index in [2.05, 4.69) is 10.2 Å². The summed E-state index contributed by atoms with van der Waals surface area (Å²) in [4.78, 5) is 13.4. The number of carbonyl (C=O) groups excluding carboxylic acids is 1. The first-order valence-corrected chi connectivity index (χ1v) is 7.83. The summed E-state index contributed by atoms with van der Waals surface area (Å²) < 4.78 is 0. The van der Waals surface area contributed by atoms with Crippen molar-refractivity contribution in [3.63, 3.8) is 0 Å². The highest BCUT2D eigenvalue weighted by Gasteiger charge is 2.30. The van der Waals surface area contributed by atoms with Crippen molar-refractivity contribution >= 4 is 5.91 Å². The minimum absolute atomic E-state index is 0.0709. The molecule has 1 amide bonds. The van der Waals surface area contributed by atoms with E-state index in [0.717, 1.165) is 45.3 Å². The third-order valence-corrected chi connectivity index (χ3v) is 4.70. The Morgan fingerprint density at radius 1 is 1.16 bits per heavy atom. The zero-order valence-electron chi connectivity index (χ0n) is 12.1. The topological polar surface area (TPSA) is 52.6 Å². The molecule has 110 valence electrons. The molecule has 4 heteroatoms. The first-order valence-electron chi connectivity index (χ1n) is 7.83. The second kappa shape index (κ2) is 7.25. The van der Waals surface area contributed by atoms with E-state index in [1.165, 1.54) is 19.3 Å². The third-order valence-electron chi connectivity index (χ3n) is 4.70. The number of aliphatic hydroxyl groups is 1. The minimum atomic E-state index is -0.130. The lowest BCUT2D eigenvalue weighted by molar-refractivity contribution is -0.119. The quantitative estimate of drug-likeness (QED) is 0.763. The SMILES string of the molecule is CC(=O)NCC1CCN(C2CCCCCC2O)CC1. The highest BCUT2D eigenvalue weighted by molar-refractivity contribution is 5.72. The largest absolute Gasteiger partial charge is 0.391 e. The molecule has 0 radical (unpaired) electrons. The summed E-state index contributed by atoms with van der Waals surface area (Å²) in [6, 6.07) is 0.379. The average molecular weight is 268 g/mol. The lowest BCUT2D eigenvalue weighted by Crippen LogP contribution is -2.48. The molecule has 1 aliphatic carbocycles. The molecule has 0 aromatic carbocycles. The van der Waals surface area contributed by atoms with Gasteiger partial charge in [-0.1, -0.05) is 19.3 Å². The van der Waals surface area contributed by atoms with E-state index in [-0.39, 0.29) is 12.0 Å². The van der Waals surface area contributed by atoms with Crippen LogP contribution >= 0.6 is 0 Å². The van der Waals surface area contributed by atoms with E-state index in [1.54, 1.807) is 6.92 Å². The molecule has 0 aromatic rings. The highest BCUT2D eigenvalue weighted by Crippen LogP contribution is 2.26. The van der Waals surface area contributed by atoms with E-state index < -0.39 is 0 Å². The molecule has 2 N–H and O–H groups in total. The van der Waals surface area contributed by atoms with Crippen LogP contribution in [0.25, 0.3) is 0 Å². The monoisotopic (exact) mass is 268 g/mol.